The lowest BCUT2D eigenvalue weighted by Crippen LogP contribution is -2.07. The maximum Gasteiger partial charge on any atom is 0.416 e. The minimum atomic E-state index is -4.44. The molecule has 0 radical (unpaired) electrons. The summed E-state index contributed by atoms with van der Waals surface area (Å²) in [6, 6.07) is 20.0. The molecular weight excluding hydrogens is 391 g/mol. The van der Waals surface area contributed by atoms with Gasteiger partial charge in [-0.25, -0.2) is 9.97 Å². The van der Waals surface area contributed by atoms with E-state index in [-0.39, 0.29) is 5.52 Å². The van der Waals surface area contributed by atoms with Crippen molar-refractivity contribution in [3.05, 3.63) is 78.4 Å². The van der Waals surface area contributed by atoms with Crippen molar-refractivity contribution < 1.29 is 17.9 Å². The first kappa shape index (κ1) is 19.7. The zero-order valence-electron chi connectivity index (χ0n) is 16.1. The van der Waals surface area contributed by atoms with Crippen molar-refractivity contribution in [3.63, 3.8) is 0 Å². The Morgan fingerprint density at radius 3 is 2.23 bits per heavy atom. The van der Waals surface area contributed by atoms with E-state index in [0.717, 1.165) is 12.1 Å². The SMILES string of the molecule is CCNc1nc(-c2ccc(Oc3ccccc3)cc2)nc2cc(C(F)(F)F)ccc12. The number of hydrogen-bond acceptors (Lipinski definition) is 4. The molecule has 0 saturated heterocycles. The number of rotatable bonds is 5. The second-order valence-corrected chi connectivity index (χ2v) is 6.60. The van der Waals surface area contributed by atoms with Crippen LogP contribution in [0.25, 0.3) is 22.3 Å². The lowest BCUT2D eigenvalue weighted by atomic mass is 10.1. The molecule has 0 atom stereocenters. The number of para-hydroxylation sites is 1. The van der Waals surface area contributed by atoms with E-state index >= 15 is 0 Å². The van der Waals surface area contributed by atoms with Crippen molar-refractivity contribution in [1.29, 1.82) is 0 Å². The van der Waals surface area contributed by atoms with Gasteiger partial charge in [-0.1, -0.05) is 18.2 Å². The number of benzene rings is 3. The molecule has 0 fully saturated rings. The molecule has 4 aromatic rings. The largest absolute Gasteiger partial charge is 0.457 e. The van der Waals surface area contributed by atoms with Crippen LogP contribution in [-0.4, -0.2) is 16.5 Å². The smallest absolute Gasteiger partial charge is 0.416 e. The molecule has 1 aromatic heterocycles. The van der Waals surface area contributed by atoms with Crippen LogP contribution >= 0.6 is 0 Å². The maximum atomic E-state index is 13.1. The number of ether oxygens (including phenoxy) is 1. The Bertz CT molecular complexity index is 1160. The van der Waals surface area contributed by atoms with Gasteiger partial charge in [-0.05, 0) is 61.5 Å². The lowest BCUT2D eigenvalue weighted by molar-refractivity contribution is -0.137. The molecule has 0 unspecified atom stereocenters. The van der Waals surface area contributed by atoms with Crippen LogP contribution in [-0.2, 0) is 6.18 Å². The maximum absolute atomic E-state index is 13.1. The number of nitrogens with zero attached hydrogens (tertiary/aromatic N) is 2. The third kappa shape index (κ3) is 4.20. The molecule has 1 N–H and O–H groups in total. The number of hydrogen-bond donors (Lipinski definition) is 1. The number of anilines is 1. The van der Waals surface area contributed by atoms with E-state index in [9.17, 15) is 13.2 Å². The standard InChI is InChI=1S/C23H18F3N3O/c1-2-27-22-19-13-10-16(23(24,25)26)14-20(19)28-21(29-22)15-8-11-18(12-9-15)30-17-6-4-3-5-7-17/h3-14H,2H2,1H3,(H,27,28,29). The highest BCUT2D eigenvalue weighted by atomic mass is 19.4. The molecule has 4 nitrogen and oxygen atoms in total. The number of alkyl halides is 3. The summed E-state index contributed by atoms with van der Waals surface area (Å²) in [6.07, 6.45) is -4.44. The normalized spacial score (nSPS) is 11.5. The summed E-state index contributed by atoms with van der Waals surface area (Å²) in [4.78, 5) is 8.91. The van der Waals surface area contributed by atoms with Gasteiger partial charge in [0.25, 0.3) is 0 Å². The van der Waals surface area contributed by atoms with Crippen LogP contribution in [0.1, 0.15) is 12.5 Å². The molecule has 0 aliphatic rings. The molecule has 7 heteroatoms. The van der Waals surface area contributed by atoms with Crippen LogP contribution in [0.5, 0.6) is 11.5 Å². The van der Waals surface area contributed by atoms with Crippen LogP contribution in [0.4, 0.5) is 19.0 Å². The Morgan fingerprint density at radius 1 is 0.867 bits per heavy atom. The van der Waals surface area contributed by atoms with Crippen molar-refractivity contribution in [2.45, 2.75) is 13.1 Å². The predicted octanol–water partition coefficient (Wildman–Crippen LogP) is 6.54. The summed E-state index contributed by atoms with van der Waals surface area (Å²) >= 11 is 0. The van der Waals surface area contributed by atoms with Crippen LogP contribution < -0.4 is 10.1 Å². The third-order valence-corrected chi connectivity index (χ3v) is 4.46. The molecule has 0 aliphatic carbocycles. The monoisotopic (exact) mass is 409 g/mol. The molecule has 0 amide bonds. The van der Waals surface area contributed by atoms with E-state index in [2.05, 4.69) is 15.3 Å². The van der Waals surface area contributed by atoms with Crippen molar-refractivity contribution in [3.8, 4) is 22.9 Å². The van der Waals surface area contributed by atoms with Gasteiger partial charge in [0.05, 0.1) is 11.1 Å². The van der Waals surface area contributed by atoms with Crippen molar-refractivity contribution >= 4 is 16.7 Å². The Balaban J connectivity index is 1.72. The van der Waals surface area contributed by atoms with Gasteiger partial charge in [0, 0.05) is 17.5 Å². The predicted molar refractivity (Wildman–Crippen MR) is 111 cm³/mol. The summed E-state index contributed by atoms with van der Waals surface area (Å²) in [5, 5.41) is 3.65. The topological polar surface area (TPSA) is 47.0 Å². The van der Waals surface area contributed by atoms with Gasteiger partial charge >= 0.3 is 6.18 Å². The zero-order chi connectivity index (χ0) is 21.1. The zero-order valence-corrected chi connectivity index (χ0v) is 16.1. The fourth-order valence-electron chi connectivity index (χ4n) is 3.03. The molecule has 1 heterocycles. The first-order chi connectivity index (χ1) is 14.4. The first-order valence-corrected chi connectivity index (χ1v) is 9.40. The summed E-state index contributed by atoms with van der Waals surface area (Å²) in [5.74, 6) is 2.18. The fraction of sp³-hybridized carbons (Fsp3) is 0.130. The van der Waals surface area contributed by atoms with E-state index in [1.165, 1.54) is 6.07 Å². The van der Waals surface area contributed by atoms with Crippen LogP contribution in [0, 0.1) is 0 Å². The molecule has 0 spiro atoms. The summed E-state index contributed by atoms with van der Waals surface area (Å²) in [5.41, 5.74) is 0.165. The molecule has 152 valence electrons. The Kier molecular flexibility index (Phi) is 5.27. The van der Waals surface area contributed by atoms with Gasteiger partial charge in [-0.15, -0.1) is 0 Å². The molecule has 0 saturated carbocycles. The Labute approximate surface area is 171 Å². The fourth-order valence-corrected chi connectivity index (χ4v) is 3.03. The minimum Gasteiger partial charge on any atom is -0.457 e. The van der Waals surface area contributed by atoms with E-state index < -0.39 is 11.7 Å². The van der Waals surface area contributed by atoms with Gasteiger partial charge < -0.3 is 10.1 Å². The van der Waals surface area contributed by atoms with Gasteiger partial charge in [0.15, 0.2) is 5.82 Å². The van der Waals surface area contributed by atoms with E-state index in [1.54, 1.807) is 24.3 Å². The third-order valence-electron chi connectivity index (χ3n) is 4.46. The number of halogens is 3. The summed E-state index contributed by atoms with van der Waals surface area (Å²) in [7, 11) is 0. The molecular formula is C23H18F3N3O. The van der Waals surface area contributed by atoms with Crippen LogP contribution in [0.2, 0.25) is 0 Å². The molecule has 30 heavy (non-hydrogen) atoms. The van der Waals surface area contributed by atoms with Gasteiger partial charge in [-0.2, -0.15) is 13.2 Å². The van der Waals surface area contributed by atoms with E-state index in [1.807, 2.05) is 37.3 Å². The molecule has 4 rings (SSSR count). The summed E-state index contributed by atoms with van der Waals surface area (Å²) < 4.78 is 45.2. The average Bonchev–Trinajstić information content (AvgIpc) is 2.74. The van der Waals surface area contributed by atoms with Crippen molar-refractivity contribution in [2.75, 3.05) is 11.9 Å². The minimum absolute atomic E-state index is 0.232. The second-order valence-electron chi connectivity index (χ2n) is 6.60. The Morgan fingerprint density at radius 2 is 1.57 bits per heavy atom. The highest BCUT2D eigenvalue weighted by molar-refractivity contribution is 5.91. The number of fused-ring (bicyclic) bond motifs is 1. The average molecular weight is 409 g/mol. The van der Waals surface area contributed by atoms with E-state index in [0.29, 0.717) is 40.6 Å². The first-order valence-electron chi connectivity index (χ1n) is 9.40. The van der Waals surface area contributed by atoms with E-state index in [4.69, 9.17) is 4.74 Å². The lowest BCUT2D eigenvalue weighted by Gasteiger charge is -2.12. The molecule has 0 aliphatic heterocycles. The number of nitrogens with one attached hydrogen (secondary N) is 1. The van der Waals surface area contributed by atoms with Crippen LogP contribution in [0.3, 0.4) is 0 Å². The summed E-state index contributed by atoms with van der Waals surface area (Å²) in [6.45, 7) is 2.48. The molecule has 3 aromatic carbocycles. The highest BCUT2D eigenvalue weighted by Gasteiger charge is 2.31. The van der Waals surface area contributed by atoms with Crippen molar-refractivity contribution in [2.24, 2.45) is 0 Å². The van der Waals surface area contributed by atoms with Crippen LogP contribution in [0.15, 0.2) is 72.8 Å². The molecule has 0 bridgehead atoms. The highest BCUT2D eigenvalue weighted by Crippen LogP contribution is 2.33. The second kappa shape index (κ2) is 8.02. The Hall–Kier alpha value is -3.61. The quantitative estimate of drug-likeness (QED) is 0.407. The van der Waals surface area contributed by atoms with Crippen molar-refractivity contribution in [1.82, 2.24) is 9.97 Å². The number of aromatic nitrogens is 2. The van der Waals surface area contributed by atoms with Gasteiger partial charge in [0.1, 0.15) is 17.3 Å². The van der Waals surface area contributed by atoms with Gasteiger partial charge in [-0.3, -0.25) is 0 Å². The van der Waals surface area contributed by atoms with Gasteiger partial charge in [0.2, 0.25) is 0 Å².